The van der Waals surface area contributed by atoms with Crippen LogP contribution in [0.15, 0.2) is 174 Å². The Balaban J connectivity index is 1.09. The lowest BCUT2D eigenvalue weighted by molar-refractivity contribution is 1.00. The van der Waals surface area contributed by atoms with Crippen molar-refractivity contribution in [2.45, 2.75) is 19.3 Å². The third-order valence-electron chi connectivity index (χ3n) is 10.0. The number of nitrogens with zero attached hydrogens (tertiary/aromatic N) is 5. The Morgan fingerprint density at radius 1 is 0.648 bits per heavy atom. The first-order valence-corrected chi connectivity index (χ1v) is 18.2. The van der Waals surface area contributed by atoms with Crippen LogP contribution in [-0.4, -0.2) is 26.6 Å². The number of amidine groups is 2. The topological polar surface area (TPSA) is 89.4 Å². The van der Waals surface area contributed by atoms with E-state index in [0.717, 1.165) is 52.0 Å². The molecule has 3 heterocycles. The van der Waals surface area contributed by atoms with Crippen molar-refractivity contribution < 1.29 is 0 Å². The quantitative estimate of drug-likeness (QED) is 0.102. The Bertz CT molecular complexity index is 2780. The summed E-state index contributed by atoms with van der Waals surface area (Å²) in [6.45, 7) is 4.21. The first-order chi connectivity index (χ1) is 26.6. The summed E-state index contributed by atoms with van der Waals surface area (Å²) in [6.07, 6.45) is 10.6. The number of aromatic nitrogens is 3. The van der Waals surface area contributed by atoms with Crippen LogP contribution in [0.4, 0.5) is 0 Å². The SMILES string of the molecule is C=C(Cc1ccccn1)/N=C(\N=C(/N)c1ccccn1)c1ccc(-c2ccc(-c3nc4ccccc4c4c3c3c(c5ccccc54)C=CCC3)cc2)cc1. The minimum atomic E-state index is 0.278. The van der Waals surface area contributed by atoms with E-state index < -0.39 is 0 Å². The van der Waals surface area contributed by atoms with Gasteiger partial charge in [0.15, 0.2) is 11.7 Å². The molecule has 2 N–H and O–H groups in total. The molecule has 6 nitrogen and oxygen atoms in total. The average molecular weight is 697 g/mol. The minimum Gasteiger partial charge on any atom is -0.382 e. The summed E-state index contributed by atoms with van der Waals surface area (Å²) in [6, 6.07) is 45.7. The fourth-order valence-electron chi connectivity index (χ4n) is 7.48. The second kappa shape index (κ2) is 14.2. The third-order valence-corrected chi connectivity index (χ3v) is 10.0. The number of rotatable bonds is 7. The van der Waals surface area contributed by atoms with Gasteiger partial charge in [0.2, 0.25) is 0 Å². The van der Waals surface area contributed by atoms with Crippen molar-refractivity contribution in [1.82, 2.24) is 15.0 Å². The molecule has 258 valence electrons. The highest BCUT2D eigenvalue weighted by atomic mass is 15.0. The molecular formula is C48H36N6. The molecule has 9 rings (SSSR count). The molecule has 0 fully saturated rings. The Morgan fingerprint density at radius 2 is 1.31 bits per heavy atom. The first-order valence-electron chi connectivity index (χ1n) is 18.2. The molecular weight excluding hydrogens is 661 g/mol. The number of benzene rings is 5. The predicted molar refractivity (Wildman–Crippen MR) is 224 cm³/mol. The molecule has 0 spiro atoms. The smallest absolute Gasteiger partial charge is 0.161 e. The Kier molecular flexibility index (Phi) is 8.61. The summed E-state index contributed by atoms with van der Waals surface area (Å²) in [4.78, 5) is 23.7. The summed E-state index contributed by atoms with van der Waals surface area (Å²) < 4.78 is 0. The Labute approximate surface area is 313 Å². The van der Waals surface area contributed by atoms with Crippen LogP contribution in [0.5, 0.6) is 0 Å². The summed E-state index contributed by atoms with van der Waals surface area (Å²) in [5.41, 5.74) is 17.3. The van der Waals surface area contributed by atoms with E-state index in [9.17, 15) is 0 Å². The highest BCUT2D eigenvalue weighted by Crippen LogP contribution is 2.43. The van der Waals surface area contributed by atoms with Crippen molar-refractivity contribution in [1.29, 1.82) is 0 Å². The van der Waals surface area contributed by atoms with Crippen LogP contribution < -0.4 is 5.73 Å². The molecule has 0 saturated heterocycles. The van der Waals surface area contributed by atoms with E-state index in [1.807, 2.05) is 48.5 Å². The Hall–Kier alpha value is -7.05. The number of nitrogens with two attached hydrogens (primary N) is 1. The summed E-state index contributed by atoms with van der Waals surface area (Å²) in [7, 11) is 0. The predicted octanol–water partition coefficient (Wildman–Crippen LogP) is 10.5. The maximum atomic E-state index is 6.43. The van der Waals surface area contributed by atoms with Gasteiger partial charge in [-0.3, -0.25) is 9.97 Å². The average Bonchev–Trinajstić information content (AvgIpc) is 3.24. The highest BCUT2D eigenvalue weighted by Gasteiger charge is 2.21. The van der Waals surface area contributed by atoms with E-state index in [4.69, 9.17) is 20.7 Å². The van der Waals surface area contributed by atoms with E-state index in [1.54, 1.807) is 12.4 Å². The van der Waals surface area contributed by atoms with Crippen molar-refractivity contribution in [2.24, 2.45) is 15.7 Å². The second-order valence-electron chi connectivity index (χ2n) is 13.5. The number of fused-ring (bicyclic) bond motifs is 8. The lowest BCUT2D eigenvalue weighted by atomic mass is 9.84. The second-order valence-corrected chi connectivity index (χ2v) is 13.5. The van der Waals surface area contributed by atoms with E-state index >= 15 is 0 Å². The number of aryl methyl sites for hydroxylation is 1. The van der Waals surface area contributed by atoms with Gasteiger partial charge in [0.05, 0.1) is 11.2 Å². The number of para-hydroxylation sites is 1. The van der Waals surface area contributed by atoms with Gasteiger partial charge in [-0.05, 0) is 76.2 Å². The molecule has 0 bridgehead atoms. The maximum Gasteiger partial charge on any atom is 0.161 e. The van der Waals surface area contributed by atoms with Gasteiger partial charge in [-0.1, -0.05) is 122 Å². The van der Waals surface area contributed by atoms with Gasteiger partial charge in [0, 0.05) is 57.5 Å². The van der Waals surface area contributed by atoms with Crippen LogP contribution in [0.2, 0.25) is 0 Å². The zero-order chi connectivity index (χ0) is 36.4. The number of hydrogen-bond donors (Lipinski definition) is 1. The fraction of sp³-hybridized carbons (Fsp3) is 0.0625. The number of allylic oxidation sites excluding steroid dienone is 2. The molecule has 0 radical (unpaired) electrons. The molecule has 0 amide bonds. The van der Waals surface area contributed by atoms with Gasteiger partial charge in [-0.25, -0.2) is 15.0 Å². The monoisotopic (exact) mass is 696 g/mol. The molecule has 0 unspecified atom stereocenters. The van der Waals surface area contributed by atoms with E-state index in [-0.39, 0.29) is 5.84 Å². The van der Waals surface area contributed by atoms with Gasteiger partial charge in [-0.15, -0.1) is 0 Å². The van der Waals surface area contributed by atoms with Crippen molar-refractivity contribution in [3.05, 3.63) is 192 Å². The van der Waals surface area contributed by atoms with Crippen LogP contribution in [-0.2, 0) is 12.8 Å². The molecule has 1 aliphatic rings. The largest absolute Gasteiger partial charge is 0.382 e. The summed E-state index contributed by atoms with van der Waals surface area (Å²) >= 11 is 0. The summed E-state index contributed by atoms with van der Waals surface area (Å²) in [5.74, 6) is 0.737. The van der Waals surface area contributed by atoms with Crippen LogP contribution in [0, 0.1) is 0 Å². The first kappa shape index (κ1) is 32.8. The van der Waals surface area contributed by atoms with E-state index in [2.05, 4.69) is 114 Å². The van der Waals surface area contributed by atoms with Crippen molar-refractivity contribution in [2.75, 3.05) is 0 Å². The fourth-order valence-corrected chi connectivity index (χ4v) is 7.48. The normalized spacial score (nSPS) is 13.0. The van der Waals surface area contributed by atoms with Crippen LogP contribution in [0.3, 0.4) is 0 Å². The van der Waals surface area contributed by atoms with Gasteiger partial charge >= 0.3 is 0 Å². The third kappa shape index (κ3) is 6.24. The van der Waals surface area contributed by atoms with Crippen LogP contribution in [0.1, 0.15) is 34.5 Å². The molecule has 6 heteroatoms. The van der Waals surface area contributed by atoms with Gasteiger partial charge in [0.1, 0.15) is 5.69 Å². The summed E-state index contributed by atoms with van der Waals surface area (Å²) in [5, 5.41) is 6.30. The zero-order valence-electron chi connectivity index (χ0n) is 29.7. The van der Waals surface area contributed by atoms with Crippen molar-refractivity contribution >= 4 is 50.2 Å². The van der Waals surface area contributed by atoms with Gasteiger partial charge < -0.3 is 5.73 Å². The lowest BCUT2D eigenvalue weighted by Gasteiger charge is -2.21. The molecule has 3 aromatic heterocycles. The maximum absolute atomic E-state index is 6.43. The zero-order valence-corrected chi connectivity index (χ0v) is 29.7. The lowest BCUT2D eigenvalue weighted by Crippen LogP contribution is -2.17. The molecule has 54 heavy (non-hydrogen) atoms. The van der Waals surface area contributed by atoms with E-state index in [0.29, 0.717) is 23.6 Å². The van der Waals surface area contributed by atoms with Crippen LogP contribution >= 0.6 is 0 Å². The van der Waals surface area contributed by atoms with Crippen molar-refractivity contribution in [3.63, 3.8) is 0 Å². The molecule has 5 aromatic carbocycles. The standard InChI is InChI=1S/C48H36N6/c1-31(30-36-12-8-10-28-50-36)52-48(54-47(49)43-19-9-11-29-51-43)35-26-22-33(23-27-35)32-20-24-34(25-21-32)46-45-40-16-5-3-14-38(40)37-13-2-4-15-39(37)44(45)41-17-6-7-18-42(41)53-46/h2-4,6-15,17-29H,1,5,16,30H2,(H2,49,52,54). The van der Waals surface area contributed by atoms with Crippen molar-refractivity contribution in [3.8, 4) is 22.4 Å². The molecule has 0 atom stereocenters. The molecule has 8 aromatic rings. The van der Waals surface area contributed by atoms with Crippen LogP contribution in [0.25, 0.3) is 60.9 Å². The molecule has 0 aliphatic heterocycles. The number of pyridine rings is 3. The minimum absolute atomic E-state index is 0.278. The number of hydrogen-bond acceptors (Lipinski definition) is 4. The highest BCUT2D eigenvalue weighted by molar-refractivity contribution is 6.25. The Morgan fingerprint density at radius 3 is 2.06 bits per heavy atom. The molecule has 0 saturated carbocycles. The van der Waals surface area contributed by atoms with Gasteiger partial charge in [0.25, 0.3) is 0 Å². The number of aliphatic imine (C=N–C) groups is 2. The van der Waals surface area contributed by atoms with Gasteiger partial charge in [-0.2, -0.15) is 0 Å². The van der Waals surface area contributed by atoms with E-state index in [1.165, 1.54) is 38.1 Å². The molecule has 1 aliphatic carbocycles.